The maximum atomic E-state index is 14.4. The van der Waals surface area contributed by atoms with Gasteiger partial charge in [0.05, 0.1) is 17.8 Å². The van der Waals surface area contributed by atoms with Crippen LogP contribution < -0.4 is 9.62 Å². The summed E-state index contributed by atoms with van der Waals surface area (Å²) in [5, 5.41) is 0. The highest BCUT2D eigenvalue weighted by atomic mass is 32.2. The molecular weight excluding hydrogens is 606 g/mol. The average molecular weight is 638 g/mol. The van der Waals surface area contributed by atoms with Gasteiger partial charge in [-0.3, -0.25) is 9.78 Å². The lowest BCUT2D eigenvalue weighted by atomic mass is 9.87. The maximum absolute atomic E-state index is 14.4. The number of pyridine rings is 1. The number of carbonyl (C=O) groups excluding carboxylic acids is 1. The molecule has 6 rings (SSSR count). The van der Waals surface area contributed by atoms with Gasteiger partial charge in [-0.1, -0.05) is 36.4 Å². The van der Waals surface area contributed by atoms with Gasteiger partial charge in [-0.2, -0.15) is 13.2 Å². The Hall–Kier alpha value is -4.09. The lowest BCUT2D eigenvalue weighted by Gasteiger charge is -2.29. The molecule has 0 spiro atoms. The third-order valence-electron chi connectivity index (χ3n) is 8.48. The summed E-state index contributed by atoms with van der Waals surface area (Å²) >= 11 is 0. The maximum Gasteiger partial charge on any atom is 0.416 e. The predicted molar refractivity (Wildman–Crippen MR) is 161 cm³/mol. The summed E-state index contributed by atoms with van der Waals surface area (Å²) in [5.41, 5.74) is 3.56. The van der Waals surface area contributed by atoms with E-state index in [1.54, 1.807) is 4.90 Å². The van der Waals surface area contributed by atoms with Crippen LogP contribution in [0.5, 0.6) is 0 Å². The molecule has 2 aliphatic rings. The van der Waals surface area contributed by atoms with Crippen molar-refractivity contribution in [3.8, 4) is 0 Å². The molecule has 6 nitrogen and oxygen atoms in total. The van der Waals surface area contributed by atoms with E-state index in [-0.39, 0.29) is 18.4 Å². The summed E-state index contributed by atoms with van der Waals surface area (Å²) in [5.74, 6) is -1.68. The molecule has 0 aliphatic heterocycles. The summed E-state index contributed by atoms with van der Waals surface area (Å²) in [4.78, 5) is 19.8. The van der Waals surface area contributed by atoms with Crippen LogP contribution in [-0.2, 0) is 34.0 Å². The van der Waals surface area contributed by atoms with Crippen LogP contribution in [0.15, 0.2) is 89.8 Å². The second-order valence-electron chi connectivity index (χ2n) is 11.6. The minimum atomic E-state index is -4.44. The Morgan fingerprint density at radius 1 is 1.00 bits per heavy atom. The van der Waals surface area contributed by atoms with Crippen molar-refractivity contribution in [2.24, 2.45) is 5.92 Å². The van der Waals surface area contributed by atoms with Crippen LogP contribution in [-0.4, -0.2) is 19.3 Å². The van der Waals surface area contributed by atoms with Crippen LogP contribution in [0.25, 0.3) is 0 Å². The minimum absolute atomic E-state index is 0.154. The Balaban J connectivity index is 1.31. The quantitative estimate of drug-likeness (QED) is 0.207. The average Bonchev–Trinajstić information content (AvgIpc) is 3.81. The molecule has 1 fully saturated rings. The van der Waals surface area contributed by atoms with Crippen LogP contribution in [0.4, 0.5) is 23.2 Å². The summed E-state index contributed by atoms with van der Waals surface area (Å²) in [6.45, 7) is 2.00. The van der Waals surface area contributed by atoms with E-state index in [2.05, 4.69) is 9.71 Å². The molecule has 1 N–H and O–H groups in total. The highest BCUT2D eigenvalue weighted by Gasteiger charge is 2.46. The Morgan fingerprint density at radius 2 is 1.76 bits per heavy atom. The molecule has 4 aromatic rings. The van der Waals surface area contributed by atoms with Crippen LogP contribution >= 0.6 is 0 Å². The topological polar surface area (TPSA) is 79.4 Å². The molecule has 234 valence electrons. The highest BCUT2D eigenvalue weighted by Crippen LogP contribution is 2.49. The number of rotatable bonds is 8. The van der Waals surface area contributed by atoms with E-state index < -0.39 is 44.4 Å². The number of nitrogens with one attached hydrogen (secondary N) is 1. The van der Waals surface area contributed by atoms with Gasteiger partial charge in [0.25, 0.3) is 0 Å². The Bertz CT molecular complexity index is 1840. The Kier molecular flexibility index (Phi) is 8.26. The molecule has 45 heavy (non-hydrogen) atoms. The van der Waals surface area contributed by atoms with Gasteiger partial charge in [-0.15, -0.1) is 0 Å². The molecule has 11 heteroatoms. The number of benzene rings is 3. The predicted octanol–water partition coefficient (Wildman–Crippen LogP) is 7.24. The fourth-order valence-corrected chi connectivity index (χ4v) is 7.42. The molecule has 3 aromatic carbocycles. The van der Waals surface area contributed by atoms with Crippen molar-refractivity contribution >= 4 is 21.6 Å². The molecule has 1 heterocycles. The zero-order valence-electron chi connectivity index (χ0n) is 24.4. The first-order valence-electron chi connectivity index (χ1n) is 14.7. The third-order valence-corrected chi connectivity index (χ3v) is 9.99. The fraction of sp³-hybridized carbons (Fsp3) is 0.294. The molecule has 2 aliphatic carbocycles. The van der Waals surface area contributed by atoms with Crippen LogP contribution in [0.3, 0.4) is 0 Å². The van der Waals surface area contributed by atoms with E-state index >= 15 is 0 Å². The number of alkyl halides is 3. The van der Waals surface area contributed by atoms with Crippen molar-refractivity contribution < 1.29 is 30.8 Å². The number of halogens is 4. The van der Waals surface area contributed by atoms with Crippen molar-refractivity contribution in [1.29, 1.82) is 0 Å². The molecule has 1 amide bonds. The third kappa shape index (κ3) is 6.64. The molecule has 0 bridgehead atoms. The van der Waals surface area contributed by atoms with Gasteiger partial charge in [0.1, 0.15) is 10.7 Å². The zero-order chi connectivity index (χ0) is 31.9. The fourth-order valence-electron chi connectivity index (χ4n) is 6.09. The van der Waals surface area contributed by atoms with Gasteiger partial charge in [0, 0.05) is 23.3 Å². The first-order chi connectivity index (χ1) is 21.4. The monoisotopic (exact) mass is 637 g/mol. The number of aromatic nitrogens is 1. The number of hydrogen-bond donors (Lipinski definition) is 1. The van der Waals surface area contributed by atoms with Crippen LogP contribution in [0, 0.1) is 18.7 Å². The number of nitrogens with zero attached hydrogens (tertiary/aromatic N) is 2. The Labute approximate surface area is 259 Å². The largest absolute Gasteiger partial charge is 0.416 e. The van der Waals surface area contributed by atoms with Gasteiger partial charge >= 0.3 is 6.18 Å². The van der Waals surface area contributed by atoms with Gasteiger partial charge in [-0.25, -0.2) is 17.5 Å². The Morgan fingerprint density at radius 3 is 2.47 bits per heavy atom. The van der Waals surface area contributed by atoms with Gasteiger partial charge in [0.2, 0.25) is 15.9 Å². The molecule has 1 aromatic heterocycles. The number of aryl methyl sites for hydroxylation is 2. The molecule has 0 radical (unpaired) electrons. The molecule has 3 atom stereocenters. The summed E-state index contributed by atoms with van der Waals surface area (Å²) < 4.78 is 82.7. The molecule has 1 saturated carbocycles. The van der Waals surface area contributed by atoms with Crippen molar-refractivity contribution in [2.45, 2.75) is 62.2 Å². The van der Waals surface area contributed by atoms with Crippen molar-refractivity contribution in [2.75, 3.05) is 4.90 Å². The standard InChI is InChI=1S/C34H31F4N3O3S/c1-21-6-4-8-25(39-21)20-41(33(42)29-19-27(29)23-12-15-24(16-13-23)34(36,37)38)26-17-14-22-7-5-10-31(28(22)18-26)40-45(43,44)32-11-3-2-9-30(32)35/h2-4,6,8-9,11-18,27,29,31,40H,5,7,10,19-20H2,1H3/t27-,29+,31-/m0/s1. The number of amides is 1. The lowest BCUT2D eigenvalue weighted by Crippen LogP contribution is -2.34. The number of anilines is 1. The summed E-state index contributed by atoms with van der Waals surface area (Å²) in [6, 6.07) is 20.5. The lowest BCUT2D eigenvalue weighted by molar-refractivity contribution is -0.137. The number of hydrogen-bond acceptors (Lipinski definition) is 4. The van der Waals surface area contributed by atoms with Crippen molar-refractivity contribution in [1.82, 2.24) is 9.71 Å². The summed E-state index contributed by atoms with van der Waals surface area (Å²) in [6.07, 6.45) is -2.00. The zero-order valence-corrected chi connectivity index (χ0v) is 25.2. The normalized spacial score (nSPS) is 19.5. The minimum Gasteiger partial charge on any atom is -0.306 e. The SMILES string of the molecule is Cc1cccc(CN(C(=O)[C@@H]2C[C@H]2c2ccc(C(F)(F)F)cc2)c2ccc3c(c2)[C@@H](NS(=O)(=O)c2ccccc2F)CCC3)n1. The molecule has 0 saturated heterocycles. The van der Waals surface area contributed by atoms with Crippen LogP contribution in [0.1, 0.15) is 64.9 Å². The number of carbonyl (C=O) groups is 1. The van der Waals surface area contributed by atoms with E-state index in [9.17, 15) is 30.8 Å². The van der Waals surface area contributed by atoms with Crippen molar-refractivity contribution in [3.05, 3.63) is 124 Å². The van der Waals surface area contributed by atoms with Gasteiger partial charge in [0.15, 0.2) is 0 Å². The van der Waals surface area contributed by atoms with Gasteiger partial charge in [-0.05, 0) is 104 Å². The first kappa shape index (κ1) is 30.9. The smallest absolute Gasteiger partial charge is 0.306 e. The van der Waals surface area contributed by atoms with Gasteiger partial charge < -0.3 is 4.90 Å². The van der Waals surface area contributed by atoms with Crippen LogP contribution in [0.2, 0.25) is 0 Å². The number of sulfonamides is 1. The van der Waals surface area contributed by atoms with E-state index in [1.807, 2.05) is 43.3 Å². The highest BCUT2D eigenvalue weighted by molar-refractivity contribution is 7.89. The van der Waals surface area contributed by atoms with E-state index in [0.717, 1.165) is 42.3 Å². The number of fused-ring (bicyclic) bond motifs is 1. The molecular formula is C34H31F4N3O3S. The van der Waals surface area contributed by atoms with E-state index in [1.165, 1.54) is 30.3 Å². The van der Waals surface area contributed by atoms with E-state index in [4.69, 9.17) is 0 Å². The summed E-state index contributed by atoms with van der Waals surface area (Å²) in [7, 11) is -4.18. The first-order valence-corrected chi connectivity index (χ1v) is 16.2. The second-order valence-corrected chi connectivity index (χ2v) is 13.3. The second kappa shape index (κ2) is 12.0. The molecule has 0 unspecified atom stereocenters. The van der Waals surface area contributed by atoms with Crippen molar-refractivity contribution in [3.63, 3.8) is 0 Å². The van der Waals surface area contributed by atoms with E-state index in [0.29, 0.717) is 35.3 Å².